The van der Waals surface area contributed by atoms with Crippen molar-refractivity contribution in [2.24, 2.45) is 5.92 Å². The lowest BCUT2D eigenvalue weighted by molar-refractivity contribution is 0.0689. The van der Waals surface area contributed by atoms with E-state index < -0.39 is 0 Å². The molecule has 0 bridgehead atoms. The molecule has 0 aliphatic carbocycles. The fraction of sp³-hybridized carbons (Fsp3) is 0.643. The Kier molecular flexibility index (Phi) is 4.49. The molecule has 0 aromatic carbocycles. The molecule has 1 saturated heterocycles. The number of furan rings is 1. The van der Waals surface area contributed by atoms with E-state index >= 15 is 0 Å². The monoisotopic (exact) mass is 313 g/mol. The Balaban J connectivity index is 2.00. The molecule has 1 aliphatic rings. The minimum absolute atomic E-state index is 0.126. The van der Waals surface area contributed by atoms with E-state index in [2.05, 4.69) is 22.9 Å². The van der Waals surface area contributed by atoms with Crippen LogP contribution in [0.1, 0.15) is 42.8 Å². The number of piperidine rings is 1. The second kappa shape index (κ2) is 5.91. The summed E-state index contributed by atoms with van der Waals surface area (Å²) < 4.78 is 5.33. The molecule has 3 nitrogen and oxygen atoms in total. The predicted molar refractivity (Wildman–Crippen MR) is 75.1 cm³/mol. The number of likely N-dealkylation sites (tertiary alicyclic amines) is 1. The topological polar surface area (TPSA) is 33.5 Å². The largest absolute Gasteiger partial charge is 0.469 e. The van der Waals surface area contributed by atoms with Gasteiger partial charge in [-0.3, -0.25) is 4.79 Å². The Morgan fingerprint density at radius 3 is 2.78 bits per heavy atom. The highest BCUT2D eigenvalue weighted by atomic mass is 79.9. The van der Waals surface area contributed by atoms with E-state index in [0.29, 0.717) is 10.7 Å². The Bertz CT molecular complexity index is 406. The van der Waals surface area contributed by atoms with Gasteiger partial charge in [0.15, 0.2) is 0 Å². The molecule has 1 aliphatic heterocycles. The molecule has 1 aromatic heterocycles. The third kappa shape index (κ3) is 2.79. The number of aryl methyl sites for hydroxylation is 1. The molecule has 2 heterocycles. The number of halogens is 1. The molecule has 2 rings (SSSR count). The SMILES string of the molecule is CCc1occc1C(=O)N1CCC(C(C)Br)CC1. The maximum atomic E-state index is 12.4. The van der Waals surface area contributed by atoms with Crippen molar-refractivity contribution < 1.29 is 9.21 Å². The summed E-state index contributed by atoms with van der Waals surface area (Å²) in [6.45, 7) is 5.91. The Morgan fingerprint density at radius 2 is 2.22 bits per heavy atom. The second-order valence-corrected chi connectivity index (χ2v) is 6.36. The molecule has 0 spiro atoms. The fourth-order valence-electron chi connectivity index (χ4n) is 2.54. The highest BCUT2D eigenvalue weighted by Crippen LogP contribution is 2.26. The first kappa shape index (κ1) is 13.7. The number of carbonyl (C=O) groups is 1. The number of hydrogen-bond donors (Lipinski definition) is 0. The van der Waals surface area contributed by atoms with Gasteiger partial charge in [0.1, 0.15) is 5.76 Å². The molecule has 100 valence electrons. The van der Waals surface area contributed by atoms with Crippen LogP contribution in [-0.4, -0.2) is 28.7 Å². The molecule has 4 heteroatoms. The zero-order chi connectivity index (χ0) is 13.1. The van der Waals surface area contributed by atoms with Crippen molar-refractivity contribution in [2.45, 2.75) is 37.9 Å². The van der Waals surface area contributed by atoms with Crippen molar-refractivity contribution in [3.63, 3.8) is 0 Å². The third-order valence-electron chi connectivity index (χ3n) is 3.77. The van der Waals surface area contributed by atoms with Gasteiger partial charge in [0.05, 0.1) is 11.8 Å². The number of nitrogens with zero attached hydrogens (tertiary/aromatic N) is 1. The number of amides is 1. The van der Waals surface area contributed by atoms with Crippen molar-refractivity contribution in [1.82, 2.24) is 4.90 Å². The average Bonchev–Trinajstić information content (AvgIpc) is 2.86. The summed E-state index contributed by atoms with van der Waals surface area (Å²) in [4.78, 5) is 14.9. The maximum absolute atomic E-state index is 12.4. The Morgan fingerprint density at radius 1 is 1.56 bits per heavy atom. The first-order chi connectivity index (χ1) is 8.63. The molecule has 1 fully saturated rings. The smallest absolute Gasteiger partial charge is 0.257 e. The molecular weight excluding hydrogens is 294 g/mol. The lowest BCUT2D eigenvalue weighted by atomic mass is 9.94. The highest BCUT2D eigenvalue weighted by molar-refractivity contribution is 9.09. The molecule has 0 N–H and O–H groups in total. The summed E-state index contributed by atoms with van der Waals surface area (Å²) in [6, 6.07) is 1.79. The van der Waals surface area contributed by atoms with Gasteiger partial charge in [-0.2, -0.15) is 0 Å². The van der Waals surface area contributed by atoms with E-state index in [4.69, 9.17) is 4.42 Å². The first-order valence-corrected chi connectivity index (χ1v) is 7.54. The van der Waals surface area contributed by atoms with Crippen LogP contribution < -0.4 is 0 Å². The van der Waals surface area contributed by atoms with Crippen molar-refractivity contribution in [2.75, 3.05) is 13.1 Å². The van der Waals surface area contributed by atoms with Gasteiger partial charge in [0, 0.05) is 24.3 Å². The van der Waals surface area contributed by atoms with E-state index in [1.54, 1.807) is 12.3 Å². The number of carbonyl (C=O) groups excluding carboxylic acids is 1. The molecule has 1 unspecified atom stereocenters. The van der Waals surface area contributed by atoms with Crippen LogP contribution in [0, 0.1) is 5.92 Å². The summed E-state index contributed by atoms with van der Waals surface area (Å²) >= 11 is 3.64. The lowest BCUT2D eigenvalue weighted by Gasteiger charge is -2.33. The van der Waals surface area contributed by atoms with Crippen molar-refractivity contribution in [1.29, 1.82) is 0 Å². The van der Waals surface area contributed by atoms with E-state index in [-0.39, 0.29) is 5.91 Å². The van der Waals surface area contributed by atoms with Crippen LogP contribution in [0.2, 0.25) is 0 Å². The van der Waals surface area contributed by atoms with Gasteiger partial charge in [0.2, 0.25) is 0 Å². The van der Waals surface area contributed by atoms with Crippen molar-refractivity contribution in [3.8, 4) is 0 Å². The van der Waals surface area contributed by atoms with Gasteiger partial charge >= 0.3 is 0 Å². The van der Waals surface area contributed by atoms with Crippen molar-refractivity contribution in [3.05, 3.63) is 23.7 Å². The second-order valence-electron chi connectivity index (χ2n) is 4.92. The molecule has 0 radical (unpaired) electrons. The number of rotatable bonds is 3. The van der Waals surface area contributed by atoms with Crippen LogP contribution in [0.4, 0.5) is 0 Å². The van der Waals surface area contributed by atoms with E-state index in [1.165, 1.54) is 0 Å². The van der Waals surface area contributed by atoms with E-state index in [1.807, 2.05) is 11.8 Å². The summed E-state index contributed by atoms with van der Waals surface area (Å²) in [6.07, 6.45) is 4.54. The zero-order valence-corrected chi connectivity index (χ0v) is 12.6. The molecule has 1 aromatic rings. The number of hydrogen-bond acceptors (Lipinski definition) is 2. The first-order valence-electron chi connectivity index (χ1n) is 6.63. The normalized spacial score (nSPS) is 18.9. The zero-order valence-electron chi connectivity index (χ0n) is 11.0. The lowest BCUT2D eigenvalue weighted by Crippen LogP contribution is -2.40. The van der Waals surface area contributed by atoms with Gasteiger partial charge in [-0.15, -0.1) is 0 Å². The van der Waals surface area contributed by atoms with Crippen LogP contribution in [0.5, 0.6) is 0 Å². The van der Waals surface area contributed by atoms with Crippen LogP contribution in [0.25, 0.3) is 0 Å². The van der Waals surface area contributed by atoms with E-state index in [9.17, 15) is 4.79 Å². The summed E-state index contributed by atoms with van der Waals surface area (Å²) in [5, 5.41) is 0. The molecule has 0 saturated carbocycles. The van der Waals surface area contributed by atoms with Crippen LogP contribution in [0.15, 0.2) is 16.7 Å². The predicted octanol–water partition coefficient (Wildman–Crippen LogP) is 3.48. The molecule has 18 heavy (non-hydrogen) atoms. The minimum Gasteiger partial charge on any atom is -0.469 e. The molecular formula is C14H20BrNO2. The average molecular weight is 314 g/mol. The van der Waals surface area contributed by atoms with Gasteiger partial charge in [-0.05, 0) is 24.8 Å². The Labute approximate surface area is 117 Å². The Hall–Kier alpha value is -0.770. The quantitative estimate of drug-likeness (QED) is 0.800. The van der Waals surface area contributed by atoms with Crippen molar-refractivity contribution >= 4 is 21.8 Å². The van der Waals surface area contributed by atoms with Crippen LogP contribution >= 0.6 is 15.9 Å². The highest BCUT2D eigenvalue weighted by Gasteiger charge is 2.27. The minimum atomic E-state index is 0.126. The molecule has 1 atom stereocenters. The summed E-state index contributed by atoms with van der Waals surface area (Å²) in [7, 11) is 0. The van der Waals surface area contributed by atoms with Gasteiger partial charge < -0.3 is 9.32 Å². The van der Waals surface area contributed by atoms with Gasteiger partial charge in [0.25, 0.3) is 5.91 Å². The number of alkyl halides is 1. The molecule has 1 amide bonds. The maximum Gasteiger partial charge on any atom is 0.257 e. The van der Waals surface area contributed by atoms with E-state index in [0.717, 1.165) is 43.7 Å². The van der Waals surface area contributed by atoms with Gasteiger partial charge in [-0.1, -0.05) is 29.8 Å². The summed E-state index contributed by atoms with van der Waals surface area (Å²) in [5.74, 6) is 1.61. The van der Waals surface area contributed by atoms with Crippen LogP contribution in [-0.2, 0) is 6.42 Å². The third-order valence-corrected chi connectivity index (χ3v) is 4.52. The summed E-state index contributed by atoms with van der Waals surface area (Å²) in [5.41, 5.74) is 0.739. The van der Waals surface area contributed by atoms with Crippen LogP contribution in [0.3, 0.4) is 0 Å². The standard InChI is InChI=1S/C14H20BrNO2/c1-3-13-12(6-9-18-13)14(17)16-7-4-11(5-8-16)10(2)15/h6,9-11H,3-5,7-8H2,1-2H3. The fourth-order valence-corrected chi connectivity index (χ4v) is 3.07. The van der Waals surface area contributed by atoms with Gasteiger partial charge in [-0.25, -0.2) is 0 Å².